The van der Waals surface area contributed by atoms with Gasteiger partial charge >= 0.3 is 0 Å². The molecule has 6 nitrogen and oxygen atoms in total. The Morgan fingerprint density at radius 2 is 1.96 bits per heavy atom. The Labute approximate surface area is 147 Å². The molecule has 0 aliphatic rings. The molecule has 0 atom stereocenters. The third-order valence-electron chi connectivity index (χ3n) is 4.08. The summed E-state index contributed by atoms with van der Waals surface area (Å²) in [7, 11) is 1.67. The van der Waals surface area contributed by atoms with Crippen LogP contribution in [0.1, 0.15) is 5.76 Å². The Kier molecular flexibility index (Phi) is 3.96. The molecule has 0 aliphatic carbocycles. The first-order valence-electron chi connectivity index (χ1n) is 8.01. The van der Waals surface area contributed by atoms with Gasteiger partial charge in [-0.15, -0.1) is 0 Å². The van der Waals surface area contributed by atoms with Crippen LogP contribution in [0, 0.1) is 5.82 Å². The van der Waals surface area contributed by atoms with Crippen molar-refractivity contribution in [2.45, 2.75) is 6.54 Å². The molecule has 2 heterocycles. The fourth-order valence-electron chi connectivity index (χ4n) is 2.66. The highest BCUT2D eigenvalue weighted by atomic mass is 19.1. The van der Waals surface area contributed by atoms with Crippen molar-refractivity contribution in [2.24, 2.45) is 7.05 Å². The smallest absolute Gasteiger partial charge is 0.260 e. The molecular formula is C19H15FN4O2. The molecule has 0 saturated carbocycles. The molecule has 0 radical (unpaired) electrons. The van der Waals surface area contributed by atoms with Crippen molar-refractivity contribution >= 4 is 16.6 Å². The van der Waals surface area contributed by atoms with Crippen LogP contribution in [0.2, 0.25) is 0 Å². The van der Waals surface area contributed by atoms with Gasteiger partial charge in [0, 0.05) is 24.4 Å². The van der Waals surface area contributed by atoms with Crippen molar-refractivity contribution in [2.75, 3.05) is 5.32 Å². The molecule has 2 aromatic carbocycles. The molecule has 0 spiro atoms. The number of halogens is 1. The first-order chi connectivity index (χ1) is 12.6. The fourth-order valence-corrected chi connectivity index (χ4v) is 2.66. The van der Waals surface area contributed by atoms with Gasteiger partial charge in [-0.2, -0.15) is 0 Å². The van der Waals surface area contributed by atoms with E-state index in [9.17, 15) is 9.18 Å². The van der Waals surface area contributed by atoms with Crippen LogP contribution < -0.4 is 10.9 Å². The molecule has 0 amide bonds. The van der Waals surface area contributed by atoms with Crippen molar-refractivity contribution in [3.63, 3.8) is 0 Å². The monoisotopic (exact) mass is 350 g/mol. The Morgan fingerprint density at radius 3 is 2.77 bits per heavy atom. The topological polar surface area (TPSA) is 73.0 Å². The number of anilines is 1. The number of aromatic nitrogens is 3. The first kappa shape index (κ1) is 16.0. The van der Waals surface area contributed by atoms with Crippen molar-refractivity contribution in [1.29, 1.82) is 0 Å². The van der Waals surface area contributed by atoms with Gasteiger partial charge in [0.1, 0.15) is 11.5 Å². The van der Waals surface area contributed by atoms with Crippen LogP contribution in [-0.4, -0.2) is 14.7 Å². The summed E-state index contributed by atoms with van der Waals surface area (Å²) >= 11 is 0. The van der Waals surface area contributed by atoms with Gasteiger partial charge in [0.15, 0.2) is 5.76 Å². The van der Waals surface area contributed by atoms with Gasteiger partial charge in [0.25, 0.3) is 5.56 Å². The van der Waals surface area contributed by atoms with E-state index in [0.29, 0.717) is 28.9 Å². The van der Waals surface area contributed by atoms with E-state index in [2.05, 4.69) is 15.5 Å². The second kappa shape index (κ2) is 6.44. The highest BCUT2D eigenvalue weighted by Gasteiger charge is 2.08. The Hall–Kier alpha value is -3.48. The lowest BCUT2D eigenvalue weighted by molar-refractivity contribution is 0.390. The number of aryl methyl sites for hydroxylation is 1. The van der Waals surface area contributed by atoms with Crippen molar-refractivity contribution in [1.82, 2.24) is 14.7 Å². The lowest BCUT2D eigenvalue weighted by atomic mass is 10.1. The minimum Gasteiger partial charge on any atom is -0.378 e. The molecule has 2 aromatic heterocycles. The SMILES string of the molecule is Cn1cnc2ccc(NCc3cc(-c4ccc(F)cc4)no3)cc2c1=O. The van der Waals surface area contributed by atoms with Gasteiger partial charge < -0.3 is 14.4 Å². The average molecular weight is 350 g/mol. The Bertz CT molecular complexity index is 1130. The number of nitrogens with zero attached hydrogens (tertiary/aromatic N) is 3. The number of fused-ring (bicyclic) bond motifs is 1. The lowest BCUT2D eigenvalue weighted by Crippen LogP contribution is -2.17. The van der Waals surface area contributed by atoms with E-state index < -0.39 is 0 Å². The number of nitrogens with one attached hydrogen (secondary N) is 1. The van der Waals surface area contributed by atoms with Gasteiger partial charge in [-0.3, -0.25) is 4.79 Å². The summed E-state index contributed by atoms with van der Waals surface area (Å²) in [6.45, 7) is 0.403. The molecule has 4 rings (SSSR count). The molecular weight excluding hydrogens is 335 g/mol. The summed E-state index contributed by atoms with van der Waals surface area (Å²) in [5.41, 5.74) is 2.75. The summed E-state index contributed by atoms with van der Waals surface area (Å²) in [6.07, 6.45) is 1.50. The maximum absolute atomic E-state index is 13.0. The van der Waals surface area contributed by atoms with Crippen LogP contribution in [-0.2, 0) is 13.6 Å². The molecule has 1 N–H and O–H groups in total. The minimum absolute atomic E-state index is 0.100. The molecule has 0 bridgehead atoms. The third kappa shape index (κ3) is 3.06. The molecule has 7 heteroatoms. The van der Waals surface area contributed by atoms with E-state index in [4.69, 9.17) is 4.52 Å². The zero-order valence-corrected chi connectivity index (χ0v) is 13.9. The van der Waals surface area contributed by atoms with Gasteiger partial charge in [-0.1, -0.05) is 5.16 Å². The quantitative estimate of drug-likeness (QED) is 0.611. The van der Waals surface area contributed by atoms with Gasteiger partial charge in [-0.05, 0) is 42.5 Å². The van der Waals surface area contributed by atoms with Gasteiger partial charge in [0.05, 0.1) is 23.8 Å². The third-order valence-corrected chi connectivity index (χ3v) is 4.08. The van der Waals surface area contributed by atoms with E-state index in [0.717, 1.165) is 11.3 Å². The van der Waals surface area contributed by atoms with E-state index >= 15 is 0 Å². The van der Waals surface area contributed by atoms with E-state index in [1.54, 1.807) is 37.4 Å². The van der Waals surface area contributed by atoms with Gasteiger partial charge in [-0.25, -0.2) is 9.37 Å². The molecule has 0 fully saturated rings. The van der Waals surface area contributed by atoms with Gasteiger partial charge in [0.2, 0.25) is 0 Å². The Balaban J connectivity index is 1.52. The first-order valence-corrected chi connectivity index (χ1v) is 8.01. The predicted octanol–water partition coefficient (Wildman–Crippen LogP) is 3.34. The minimum atomic E-state index is -0.295. The second-order valence-electron chi connectivity index (χ2n) is 5.93. The maximum Gasteiger partial charge on any atom is 0.260 e. The molecule has 26 heavy (non-hydrogen) atoms. The predicted molar refractivity (Wildman–Crippen MR) is 96.2 cm³/mol. The average Bonchev–Trinajstić information content (AvgIpc) is 3.13. The summed E-state index contributed by atoms with van der Waals surface area (Å²) in [4.78, 5) is 16.4. The summed E-state index contributed by atoms with van der Waals surface area (Å²) < 4.78 is 19.8. The largest absolute Gasteiger partial charge is 0.378 e. The second-order valence-corrected chi connectivity index (χ2v) is 5.93. The Morgan fingerprint density at radius 1 is 1.15 bits per heavy atom. The number of hydrogen-bond donors (Lipinski definition) is 1. The van der Waals surface area contributed by atoms with E-state index in [-0.39, 0.29) is 11.4 Å². The number of rotatable bonds is 4. The summed E-state index contributed by atoms with van der Waals surface area (Å²) in [6, 6.07) is 13.3. The van der Waals surface area contributed by atoms with E-state index in [1.165, 1.54) is 23.0 Å². The molecule has 4 aromatic rings. The highest BCUT2D eigenvalue weighted by Crippen LogP contribution is 2.21. The van der Waals surface area contributed by atoms with Crippen molar-refractivity contribution < 1.29 is 8.91 Å². The standard InChI is InChI=1S/C19H15FN4O2/c1-24-11-22-17-7-6-14(8-16(17)19(24)25)21-10-15-9-18(23-26-15)12-2-4-13(20)5-3-12/h2-9,11,21H,10H2,1H3. The molecule has 0 aliphatic heterocycles. The van der Waals surface area contributed by atoms with Crippen LogP contribution >= 0.6 is 0 Å². The van der Waals surface area contributed by atoms with Crippen LogP contribution in [0.25, 0.3) is 22.2 Å². The summed E-state index contributed by atoms with van der Waals surface area (Å²) in [5.74, 6) is 0.333. The molecule has 0 saturated heterocycles. The van der Waals surface area contributed by atoms with Crippen LogP contribution in [0.5, 0.6) is 0 Å². The highest BCUT2D eigenvalue weighted by molar-refractivity contribution is 5.81. The summed E-state index contributed by atoms with van der Waals surface area (Å²) in [5, 5.41) is 7.75. The maximum atomic E-state index is 13.0. The van der Waals surface area contributed by atoms with Crippen molar-refractivity contribution in [3.05, 3.63) is 76.8 Å². The van der Waals surface area contributed by atoms with Crippen LogP contribution in [0.4, 0.5) is 10.1 Å². The number of hydrogen-bond acceptors (Lipinski definition) is 5. The van der Waals surface area contributed by atoms with Crippen LogP contribution in [0.3, 0.4) is 0 Å². The van der Waals surface area contributed by atoms with Crippen LogP contribution in [0.15, 0.2) is 64.2 Å². The molecule has 130 valence electrons. The van der Waals surface area contributed by atoms with E-state index in [1.807, 2.05) is 6.07 Å². The lowest BCUT2D eigenvalue weighted by Gasteiger charge is -2.06. The fraction of sp³-hybridized carbons (Fsp3) is 0.105. The molecule has 0 unspecified atom stereocenters. The normalized spacial score (nSPS) is 11.0. The van der Waals surface area contributed by atoms with Crippen molar-refractivity contribution in [3.8, 4) is 11.3 Å². The zero-order valence-electron chi connectivity index (χ0n) is 13.9. The zero-order chi connectivity index (χ0) is 18.1. The number of benzene rings is 2.